The lowest BCUT2D eigenvalue weighted by Crippen LogP contribution is -2.20. The Morgan fingerprint density at radius 3 is 2.61 bits per heavy atom. The Hall–Kier alpha value is -0.770. The molecule has 1 heterocycles. The van der Waals surface area contributed by atoms with Gasteiger partial charge in [-0.1, -0.05) is 0 Å². The summed E-state index contributed by atoms with van der Waals surface area (Å²) >= 11 is 7.29. The molecule has 0 radical (unpaired) electrons. The van der Waals surface area contributed by atoms with Gasteiger partial charge in [0.05, 0.1) is 18.0 Å². The number of carboxylic acid groups (broad SMARTS) is 1. The highest BCUT2D eigenvalue weighted by Crippen LogP contribution is 2.33. The second-order valence-electron chi connectivity index (χ2n) is 3.11. The molecule has 0 amide bonds. The van der Waals surface area contributed by atoms with E-state index in [2.05, 4.69) is 9.72 Å². The lowest BCUT2D eigenvalue weighted by atomic mass is 10.2. The van der Waals surface area contributed by atoms with Crippen LogP contribution < -0.4 is 4.74 Å². The summed E-state index contributed by atoms with van der Waals surface area (Å²) in [5.41, 5.74) is -0.239. The largest absolute Gasteiger partial charge is 0.573 e. The van der Waals surface area contributed by atoms with Crippen LogP contribution in [0.4, 0.5) is 13.2 Å². The molecule has 0 aliphatic carbocycles. The van der Waals surface area contributed by atoms with Gasteiger partial charge in [0.1, 0.15) is 0 Å². The third-order valence-electron chi connectivity index (χ3n) is 1.83. The van der Waals surface area contributed by atoms with E-state index in [1.807, 2.05) is 0 Å². The van der Waals surface area contributed by atoms with Crippen LogP contribution in [-0.4, -0.2) is 22.4 Å². The number of rotatable bonds is 4. The van der Waals surface area contributed by atoms with Crippen molar-refractivity contribution in [1.29, 1.82) is 0 Å². The Bertz CT molecular complexity index is 467. The summed E-state index contributed by atoms with van der Waals surface area (Å²) in [6, 6.07) is 0. The average Bonchev–Trinajstić information content (AvgIpc) is 2.20. The first-order valence-corrected chi connectivity index (χ1v) is 6.05. The Kier molecular flexibility index (Phi) is 5.02. The van der Waals surface area contributed by atoms with Crippen molar-refractivity contribution in [2.75, 3.05) is 0 Å². The summed E-state index contributed by atoms with van der Waals surface area (Å²) in [6.45, 7) is 0. The number of alkyl halides is 4. The van der Waals surface area contributed by atoms with E-state index >= 15 is 0 Å². The van der Waals surface area contributed by atoms with Crippen molar-refractivity contribution in [3.05, 3.63) is 21.0 Å². The summed E-state index contributed by atoms with van der Waals surface area (Å²) in [6.07, 6.45) is -4.35. The molecule has 1 N–H and O–H groups in total. The molecule has 0 bridgehead atoms. The monoisotopic (exact) mass is 395 g/mol. The molecule has 18 heavy (non-hydrogen) atoms. The molecule has 9 heteroatoms. The first-order valence-electron chi connectivity index (χ1n) is 4.44. The number of hydrogen-bond donors (Lipinski definition) is 1. The van der Waals surface area contributed by atoms with Crippen LogP contribution in [0.3, 0.4) is 0 Å². The van der Waals surface area contributed by atoms with Gasteiger partial charge in [0.25, 0.3) is 0 Å². The Morgan fingerprint density at radius 1 is 1.56 bits per heavy atom. The Labute approximate surface area is 118 Å². The molecule has 0 aromatic carbocycles. The van der Waals surface area contributed by atoms with E-state index in [1.54, 1.807) is 22.6 Å². The molecule has 0 saturated carbocycles. The Morgan fingerprint density at radius 2 is 2.17 bits per heavy atom. The predicted molar refractivity (Wildman–Crippen MR) is 64.5 cm³/mol. The number of hydrogen-bond acceptors (Lipinski definition) is 3. The smallest absolute Gasteiger partial charge is 0.481 e. The summed E-state index contributed by atoms with van der Waals surface area (Å²) in [4.78, 5) is 14.2. The van der Waals surface area contributed by atoms with Crippen molar-refractivity contribution in [1.82, 2.24) is 4.98 Å². The van der Waals surface area contributed by atoms with E-state index in [1.165, 1.54) is 6.20 Å². The molecule has 0 spiro atoms. The number of ether oxygens (including phenoxy) is 1. The second-order valence-corrected chi connectivity index (χ2v) is 4.54. The van der Waals surface area contributed by atoms with E-state index in [0.717, 1.165) is 0 Å². The van der Waals surface area contributed by atoms with Crippen molar-refractivity contribution in [2.45, 2.75) is 18.7 Å². The molecule has 0 saturated heterocycles. The molecule has 0 aliphatic heterocycles. The fourth-order valence-electron chi connectivity index (χ4n) is 1.18. The highest BCUT2D eigenvalue weighted by atomic mass is 127. The molecule has 100 valence electrons. The van der Waals surface area contributed by atoms with Gasteiger partial charge in [0, 0.05) is 15.3 Å². The fraction of sp³-hybridized carbons (Fsp3) is 0.333. The van der Waals surface area contributed by atoms with E-state index in [0.29, 0.717) is 3.57 Å². The quantitative estimate of drug-likeness (QED) is 0.629. The topological polar surface area (TPSA) is 59.4 Å². The molecule has 0 unspecified atom stereocenters. The van der Waals surface area contributed by atoms with Gasteiger partial charge in [-0.3, -0.25) is 9.78 Å². The zero-order valence-electron chi connectivity index (χ0n) is 8.59. The number of carbonyl (C=O) groups is 1. The van der Waals surface area contributed by atoms with Gasteiger partial charge in [0.2, 0.25) is 0 Å². The van der Waals surface area contributed by atoms with Crippen LogP contribution in [0.5, 0.6) is 5.75 Å². The zero-order valence-corrected chi connectivity index (χ0v) is 11.5. The van der Waals surface area contributed by atoms with E-state index in [-0.39, 0.29) is 17.1 Å². The maximum Gasteiger partial charge on any atom is 0.573 e. The highest BCUT2D eigenvalue weighted by molar-refractivity contribution is 14.1. The SMILES string of the molecule is O=C(O)Cc1ncc(I)c(CCl)c1OC(F)(F)F. The first-order chi connectivity index (χ1) is 8.24. The van der Waals surface area contributed by atoms with Gasteiger partial charge in [-0.25, -0.2) is 0 Å². The molecular weight excluding hydrogens is 389 g/mol. The van der Waals surface area contributed by atoms with Crippen LogP contribution in [0, 0.1) is 3.57 Å². The van der Waals surface area contributed by atoms with Gasteiger partial charge >= 0.3 is 12.3 Å². The standard InChI is InChI=1S/C9H6ClF3INO3/c10-2-4-5(14)3-15-6(1-7(16)17)8(4)18-9(11,12)13/h3H,1-2H2,(H,16,17). The van der Waals surface area contributed by atoms with Gasteiger partial charge in [-0.15, -0.1) is 24.8 Å². The minimum atomic E-state index is -4.93. The van der Waals surface area contributed by atoms with Crippen molar-refractivity contribution >= 4 is 40.2 Å². The van der Waals surface area contributed by atoms with Crippen LogP contribution in [0.2, 0.25) is 0 Å². The molecule has 1 aromatic heterocycles. The maximum atomic E-state index is 12.3. The highest BCUT2D eigenvalue weighted by Gasteiger charge is 2.34. The molecule has 0 atom stereocenters. The molecule has 0 fully saturated rings. The third-order valence-corrected chi connectivity index (χ3v) is 3.03. The third kappa shape index (κ3) is 4.16. The van der Waals surface area contributed by atoms with Crippen LogP contribution >= 0.6 is 34.2 Å². The average molecular weight is 396 g/mol. The molecule has 1 aromatic rings. The van der Waals surface area contributed by atoms with Crippen LogP contribution in [0.15, 0.2) is 6.20 Å². The first kappa shape index (κ1) is 15.3. The molecular formula is C9H6ClF3INO3. The van der Waals surface area contributed by atoms with Crippen molar-refractivity contribution in [2.24, 2.45) is 0 Å². The van der Waals surface area contributed by atoms with Crippen molar-refractivity contribution < 1.29 is 27.8 Å². The van der Waals surface area contributed by atoms with Crippen LogP contribution in [-0.2, 0) is 17.1 Å². The van der Waals surface area contributed by atoms with Crippen LogP contribution in [0.25, 0.3) is 0 Å². The van der Waals surface area contributed by atoms with Crippen LogP contribution in [0.1, 0.15) is 11.3 Å². The second kappa shape index (κ2) is 5.91. The van der Waals surface area contributed by atoms with E-state index in [9.17, 15) is 18.0 Å². The lowest BCUT2D eigenvalue weighted by molar-refractivity contribution is -0.275. The molecule has 0 aliphatic rings. The van der Waals surface area contributed by atoms with Gasteiger partial charge in [0.15, 0.2) is 5.75 Å². The van der Waals surface area contributed by atoms with E-state index in [4.69, 9.17) is 16.7 Å². The normalized spacial score (nSPS) is 11.4. The summed E-state index contributed by atoms with van der Waals surface area (Å²) < 4.78 is 41.0. The van der Waals surface area contributed by atoms with E-state index < -0.39 is 24.5 Å². The Balaban J connectivity index is 3.29. The summed E-state index contributed by atoms with van der Waals surface area (Å²) in [7, 11) is 0. The number of carboxylic acids is 1. The number of pyridine rings is 1. The van der Waals surface area contributed by atoms with Gasteiger partial charge in [-0.2, -0.15) is 0 Å². The minimum absolute atomic E-state index is 0.0702. The zero-order chi connectivity index (χ0) is 13.9. The van der Waals surface area contributed by atoms with Crippen molar-refractivity contribution in [3.8, 4) is 5.75 Å². The number of aromatic nitrogens is 1. The molecule has 1 rings (SSSR count). The number of nitrogens with zero attached hydrogens (tertiary/aromatic N) is 1. The maximum absolute atomic E-state index is 12.3. The summed E-state index contributed by atoms with van der Waals surface area (Å²) in [5, 5.41) is 8.61. The van der Waals surface area contributed by atoms with Gasteiger partial charge in [-0.05, 0) is 22.6 Å². The fourth-order valence-corrected chi connectivity index (χ4v) is 2.25. The lowest BCUT2D eigenvalue weighted by Gasteiger charge is -2.15. The van der Waals surface area contributed by atoms with Gasteiger partial charge < -0.3 is 9.84 Å². The number of aliphatic carboxylic acids is 1. The minimum Gasteiger partial charge on any atom is -0.481 e. The summed E-state index contributed by atoms with van der Waals surface area (Å²) in [5.74, 6) is -2.18. The number of halogens is 5. The molecule has 4 nitrogen and oxygen atoms in total. The predicted octanol–water partition coefficient (Wildman–Crippen LogP) is 2.95. The van der Waals surface area contributed by atoms with Crippen molar-refractivity contribution in [3.63, 3.8) is 0 Å².